The number of hydrogen-bond donors (Lipinski definition) is 0. The van der Waals surface area contributed by atoms with Crippen molar-refractivity contribution in [3.8, 4) is 17.0 Å². The van der Waals surface area contributed by atoms with Crippen molar-refractivity contribution in [2.75, 3.05) is 32.8 Å². The van der Waals surface area contributed by atoms with Crippen LogP contribution in [0.5, 0.6) is 5.75 Å². The fourth-order valence-electron chi connectivity index (χ4n) is 4.09. The molecule has 0 aliphatic carbocycles. The van der Waals surface area contributed by atoms with Crippen molar-refractivity contribution in [1.82, 2.24) is 14.7 Å². The normalized spacial score (nSPS) is 17.2. The Bertz CT molecular complexity index is 852. The van der Waals surface area contributed by atoms with Gasteiger partial charge in [0.25, 0.3) is 0 Å². The third-order valence-corrected chi connectivity index (χ3v) is 6.24. The Balaban J connectivity index is 0.000000367. The standard InChI is InChI=1S/C18H22F3N3O.C9H20O/c1-3-9-23-10-8-15(12-23)24-13(2)11-17(22-24)14-4-6-16(7-5-14)25-18(19,20)21;1-4-7-10-8-6-9(3)5-2/h4-7,11,15H,3,8-10,12H2,1-2H3;9H,4-8H2,1-3H3. The van der Waals surface area contributed by atoms with Gasteiger partial charge >= 0.3 is 6.36 Å². The molecule has 0 bridgehead atoms. The smallest absolute Gasteiger partial charge is 0.406 e. The van der Waals surface area contributed by atoms with Gasteiger partial charge in [0.2, 0.25) is 0 Å². The summed E-state index contributed by atoms with van der Waals surface area (Å²) in [6.45, 7) is 15.9. The predicted octanol–water partition coefficient (Wildman–Crippen LogP) is 7.26. The number of benzene rings is 1. The molecule has 1 aromatic heterocycles. The second-order valence-electron chi connectivity index (χ2n) is 9.35. The molecule has 0 amide bonds. The third kappa shape index (κ3) is 10.2. The van der Waals surface area contributed by atoms with E-state index in [1.54, 1.807) is 12.1 Å². The van der Waals surface area contributed by atoms with E-state index < -0.39 is 6.36 Å². The van der Waals surface area contributed by atoms with Crippen molar-refractivity contribution in [3.63, 3.8) is 0 Å². The Hall–Kier alpha value is -2.06. The number of aryl methyl sites for hydroxylation is 1. The molecule has 0 radical (unpaired) electrons. The Morgan fingerprint density at radius 1 is 1.09 bits per heavy atom. The highest BCUT2D eigenvalue weighted by Crippen LogP contribution is 2.29. The summed E-state index contributed by atoms with van der Waals surface area (Å²) in [5.41, 5.74) is 2.61. The largest absolute Gasteiger partial charge is 0.573 e. The van der Waals surface area contributed by atoms with E-state index in [-0.39, 0.29) is 5.75 Å². The first-order valence-corrected chi connectivity index (χ1v) is 12.9. The van der Waals surface area contributed by atoms with E-state index >= 15 is 0 Å². The molecule has 198 valence electrons. The summed E-state index contributed by atoms with van der Waals surface area (Å²) in [5, 5.41) is 4.69. The lowest BCUT2D eigenvalue weighted by Gasteiger charge is -2.16. The minimum atomic E-state index is -4.67. The Kier molecular flexibility index (Phi) is 12.1. The zero-order valence-corrected chi connectivity index (χ0v) is 21.9. The third-order valence-electron chi connectivity index (χ3n) is 6.24. The van der Waals surface area contributed by atoms with Crippen LogP contribution in [-0.2, 0) is 4.74 Å². The van der Waals surface area contributed by atoms with Crippen molar-refractivity contribution in [2.24, 2.45) is 5.92 Å². The molecule has 1 saturated heterocycles. The number of halogens is 3. The predicted molar refractivity (Wildman–Crippen MR) is 135 cm³/mol. The molecule has 2 heterocycles. The number of likely N-dealkylation sites (tertiary alicyclic amines) is 1. The number of aromatic nitrogens is 2. The van der Waals surface area contributed by atoms with Gasteiger partial charge < -0.3 is 14.4 Å². The highest BCUT2D eigenvalue weighted by molar-refractivity contribution is 5.60. The van der Waals surface area contributed by atoms with Gasteiger partial charge in [0.1, 0.15) is 5.75 Å². The highest BCUT2D eigenvalue weighted by atomic mass is 19.4. The molecule has 2 aromatic rings. The van der Waals surface area contributed by atoms with Crippen molar-refractivity contribution in [3.05, 3.63) is 36.0 Å². The van der Waals surface area contributed by atoms with E-state index in [1.807, 2.05) is 17.7 Å². The number of hydrogen-bond acceptors (Lipinski definition) is 4. The summed E-state index contributed by atoms with van der Waals surface area (Å²) in [6.07, 6.45) is 1.17. The maximum atomic E-state index is 12.2. The SMILES string of the molecule is CCCN1CCC(n2nc(-c3ccc(OC(F)(F)F)cc3)cc2C)C1.CCCOCCC(C)CC. The maximum absolute atomic E-state index is 12.2. The first-order chi connectivity index (χ1) is 16.7. The average Bonchev–Trinajstić information content (AvgIpc) is 3.43. The summed E-state index contributed by atoms with van der Waals surface area (Å²) in [7, 11) is 0. The Morgan fingerprint density at radius 2 is 1.80 bits per heavy atom. The molecule has 1 aromatic carbocycles. The first kappa shape index (κ1) is 29.2. The lowest BCUT2D eigenvalue weighted by Crippen LogP contribution is -2.23. The van der Waals surface area contributed by atoms with Gasteiger partial charge in [0.15, 0.2) is 0 Å². The van der Waals surface area contributed by atoms with Crippen LogP contribution in [0.2, 0.25) is 0 Å². The summed E-state index contributed by atoms with van der Waals surface area (Å²) in [5.74, 6) is 0.607. The van der Waals surface area contributed by atoms with E-state index in [4.69, 9.17) is 4.74 Å². The van der Waals surface area contributed by atoms with Crippen molar-refractivity contribution < 1.29 is 22.6 Å². The van der Waals surface area contributed by atoms with E-state index in [2.05, 4.69) is 42.4 Å². The summed E-state index contributed by atoms with van der Waals surface area (Å²) >= 11 is 0. The van der Waals surface area contributed by atoms with Gasteiger partial charge in [-0.15, -0.1) is 13.2 Å². The van der Waals surface area contributed by atoms with Gasteiger partial charge in [-0.25, -0.2) is 0 Å². The topological polar surface area (TPSA) is 39.5 Å². The minimum Gasteiger partial charge on any atom is -0.406 e. The molecular formula is C27H42F3N3O2. The lowest BCUT2D eigenvalue weighted by atomic mass is 10.1. The van der Waals surface area contributed by atoms with Crippen molar-refractivity contribution in [2.45, 2.75) is 79.1 Å². The number of ether oxygens (including phenoxy) is 2. The van der Waals surface area contributed by atoms with Gasteiger partial charge in [0.05, 0.1) is 11.7 Å². The molecule has 1 fully saturated rings. The van der Waals surface area contributed by atoms with Crippen LogP contribution in [0, 0.1) is 12.8 Å². The molecule has 8 heteroatoms. The summed E-state index contributed by atoms with van der Waals surface area (Å²) < 4.78 is 48.0. The van der Waals surface area contributed by atoms with Crippen LogP contribution in [0.3, 0.4) is 0 Å². The summed E-state index contributed by atoms with van der Waals surface area (Å²) in [4.78, 5) is 2.44. The van der Waals surface area contributed by atoms with E-state index in [0.717, 1.165) is 75.0 Å². The van der Waals surface area contributed by atoms with Gasteiger partial charge in [-0.1, -0.05) is 34.1 Å². The maximum Gasteiger partial charge on any atom is 0.573 e. The molecule has 1 aliphatic heterocycles. The number of nitrogens with zero attached hydrogens (tertiary/aromatic N) is 3. The lowest BCUT2D eigenvalue weighted by molar-refractivity contribution is -0.274. The molecule has 2 unspecified atom stereocenters. The Morgan fingerprint density at radius 3 is 2.40 bits per heavy atom. The minimum absolute atomic E-state index is 0.224. The van der Waals surface area contributed by atoms with Crippen molar-refractivity contribution in [1.29, 1.82) is 0 Å². The molecule has 0 spiro atoms. The highest BCUT2D eigenvalue weighted by Gasteiger charge is 2.31. The molecular weight excluding hydrogens is 455 g/mol. The molecule has 2 atom stereocenters. The second-order valence-corrected chi connectivity index (χ2v) is 9.35. The molecule has 1 aliphatic rings. The van der Waals surface area contributed by atoms with E-state index in [1.165, 1.54) is 25.0 Å². The van der Waals surface area contributed by atoms with Gasteiger partial charge in [-0.2, -0.15) is 5.10 Å². The molecule has 0 saturated carbocycles. The average molecular weight is 498 g/mol. The zero-order chi connectivity index (χ0) is 25.8. The van der Waals surface area contributed by atoms with Crippen LogP contribution in [0.15, 0.2) is 30.3 Å². The van der Waals surface area contributed by atoms with Crippen LogP contribution in [0.25, 0.3) is 11.3 Å². The van der Waals surface area contributed by atoms with Crippen LogP contribution in [0.4, 0.5) is 13.2 Å². The fraction of sp³-hybridized carbons (Fsp3) is 0.667. The molecule has 3 rings (SSSR count). The Labute approximate surface area is 208 Å². The van der Waals surface area contributed by atoms with Gasteiger partial charge in [-0.3, -0.25) is 4.68 Å². The summed E-state index contributed by atoms with van der Waals surface area (Å²) in [6, 6.07) is 8.16. The van der Waals surface area contributed by atoms with E-state index in [9.17, 15) is 13.2 Å². The van der Waals surface area contributed by atoms with Gasteiger partial charge in [-0.05, 0) is 75.4 Å². The number of alkyl halides is 3. The number of rotatable bonds is 11. The molecule has 5 nitrogen and oxygen atoms in total. The van der Waals surface area contributed by atoms with E-state index in [0.29, 0.717) is 6.04 Å². The van der Waals surface area contributed by atoms with Crippen molar-refractivity contribution >= 4 is 0 Å². The molecule has 35 heavy (non-hydrogen) atoms. The molecule has 0 N–H and O–H groups in total. The van der Waals surface area contributed by atoms with Gasteiger partial charge in [0, 0.05) is 37.6 Å². The monoisotopic (exact) mass is 497 g/mol. The van der Waals surface area contributed by atoms with Crippen LogP contribution < -0.4 is 4.74 Å². The second kappa shape index (κ2) is 14.5. The van der Waals surface area contributed by atoms with Crippen LogP contribution in [-0.4, -0.2) is 53.9 Å². The van der Waals surface area contributed by atoms with Crippen LogP contribution in [0.1, 0.15) is 71.5 Å². The fourth-order valence-corrected chi connectivity index (χ4v) is 4.09. The zero-order valence-electron chi connectivity index (χ0n) is 21.9. The van der Waals surface area contributed by atoms with Crippen LogP contribution >= 0.6 is 0 Å². The first-order valence-electron chi connectivity index (χ1n) is 12.9. The quantitative estimate of drug-likeness (QED) is 0.306.